The Morgan fingerprint density at radius 1 is 1.07 bits per heavy atom. The van der Waals surface area contributed by atoms with Crippen LogP contribution in [0.4, 0.5) is 5.69 Å². The summed E-state index contributed by atoms with van der Waals surface area (Å²) in [6, 6.07) is 14.6. The SMILES string of the molecule is O=c1c([N+](=O)[O-])c(Sc2nnc(C3CC3)n2-c2ccccc2)nc2ccccn12. The highest BCUT2D eigenvalue weighted by Gasteiger charge is 2.32. The van der Waals surface area contributed by atoms with Gasteiger partial charge in [0.25, 0.3) is 0 Å². The van der Waals surface area contributed by atoms with Gasteiger partial charge in [-0.2, -0.15) is 0 Å². The van der Waals surface area contributed by atoms with E-state index in [-0.39, 0.29) is 5.03 Å². The summed E-state index contributed by atoms with van der Waals surface area (Å²) in [6.07, 6.45) is 3.53. The minimum atomic E-state index is -0.726. The lowest BCUT2D eigenvalue weighted by Crippen LogP contribution is -2.19. The summed E-state index contributed by atoms with van der Waals surface area (Å²) in [4.78, 5) is 28.0. The van der Waals surface area contributed by atoms with Crippen LogP contribution < -0.4 is 5.56 Å². The smallest absolute Gasteiger partial charge is 0.273 e. The second kappa shape index (κ2) is 6.82. The maximum absolute atomic E-state index is 12.7. The quantitative estimate of drug-likeness (QED) is 0.284. The molecule has 0 amide bonds. The Morgan fingerprint density at radius 3 is 2.55 bits per heavy atom. The summed E-state index contributed by atoms with van der Waals surface area (Å²) in [6.45, 7) is 0. The molecule has 1 fully saturated rings. The maximum atomic E-state index is 12.7. The van der Waals surface area contributed by atoms with Gasteiger partial charge in [-0.15, -0.1) is 10.2 Å². The van der Waals surface area contributed by atoms with Crippen molar-refractivity contribution in [3.05, 3.63) is 81.0 Å². The van der Waals surface area contributed by atoms with Crippen LogP contribution in [-0.4, -0.2) is 29.1 Å². The van der Waals surface area contributed by atoms with Crippen LogP contribution in [0.3, 0.4) is 0 Å². The lowest BCUT2D eigenvalue weighted by atomic mass is 10.3. The van der Waals surface area contributed by atoms with Gasteiger partial charge >= 0.3 is 11.2 Å². The Balaban J connectivity index is 1.68. The molecule has 144 valence electrons. The van der Waals surface area contributed by atoms with Gasteiger partial charge in [-0.1, -0.05) is 24.3 Å². The molecular formula is C19H14N6O3S. The Labute approximate surface area is 168 Å². The fourth-order valence-electron chi connectivity index (χ4n) is 3.15. The van der Waals surface area contributed by atoms with E-state index in [9.17, 15) is 14.9 Å². The van der Waals surface area contributed by atoms with Crippen LogP contribution in [0.15, 0.2) is 69.7 Å². The highest BCUT2D eigenvalue weighted by Crippen LogP contribution is 2.42. The fraction of sp³-hybridized carbons (Fsp3) is 0.158. The van der Waals surface area contributed by atoms with E-state index >= 15 is 0 Å². The van der Waals surface area contributed by atoms with Crippen LogP contribution >= 0.6 is 11.8 Å². The van der Waals surface area contributed by atoms with Crippen LogP contribution in [0, 0.1) is 10.1 Å². The average Bonchev–Trinajstić information content (AvgIpc) is 3.49. The predicted molar refractivity (Wildman–Crippen MR) is 106 cm³/mol. The van der Waals surface area contributed by atoms with Crippen molar-refractivity contribution < 1.29 is 4.92 Å². The monoisotopic (exact) mass is 406 g/mol. The molecule has 0 spiro atoms. The maximum Gasteiger partial charge on any atom is 0.366 e. The van der Waals surface area contributed by atoms with Crippen molar-refractivity contribution in [1.29, 1.82) is 0 Å². The van der Waals surface area contributed by atoms with Gasteiger partial charge in [0.05, 0.1) is 4.92 Å². The largest absolute Gasteiger partial charge is 0.366 e. The van der Waals surface area contributed by atoms with E-state index in [0.717, 1.165) is 36.1 Å². The molecule has 1 aliphatic carbocycles. The number of fused-ring (bicyclic) bond motifs is 1. The van der Waals surface area contributed by atoms with E-state index in [1.165, 1.54) is 10.6 Å². The van der Waals surface area contributed by atoms with Gasteiger partial charge in [0.15, 0.2) is 5.03 Å². The number of hydrogen-bond acceptors (Lipinski definition) is 7. The summed E-state index contributed by atoms with van der Waals surface area (Å²) in [5, 5.41) is 20.7. The number of hydrogen-bond donors (Lipinski definition) is 0. The zero-order valence-corrected chi connectivity index (χ0v) is 15.8. The van der Waals surface area contributed by atoms with Crippen molar-refractivity contribution in [2.75, 3.05) is 0 Å². The second-order valence-electron chi connectivity index (χ2n) is 6.64. The number of benzene rings is 1. The molecule has 3 heterocycles. The minimum absolute atomic E-state index is 0.00173. The molecule has 0 atom stereocenters. The number of aromatic nitrogens is 5. The molecule has 0 saturated heterocycles. The topological polar surface area (TPSA) is 108 Å². The summed E-state index contributed by atoms with van der Waals surface area (Å²) in [5.74, 6) is 1.14. The lowest BCUT2D eigenvalue weighted by Gasteiger charge is -2.10. The van der Waals surface area contributed by atoms with Gasteiger partial charge in [-0.05, 0) is 48.9 Å². The molecule has 0 unspecified atom stereocenters. The fourth-order valence-corrected chi connectivity index (χ4v) is 4.09. The van der Waals surface area contributed by atoms with Gasteiger partial charge in [0.1, 0.15) is 11.5 Å². The normalized spacial score (nSPS) is 13.7. The molecule has 3 aromatic heterocycles. The van der Waals surface area contributed by atoms with Gasteiger partial charge in [-0.25, -0.2) is 4.98 Å². The van der Waals surface area contributed by atoms with Crippen molar-refractivity contribution in [1.82, 2.24) is 24.1 Å². The van der Waals surface area contributed by atoms with Crippen molar-refractivity contribution in [2.45, 2.75) is 28.9 Å². The summed E-state index contributed by atoms with van der Waals surface area (Å²) >= 11 is 0.982. The molecule has 29 heavy (non-hydrogen) atoms. The third-order valence-electron chi connectivity index (χ3n) is 4.66. The van der Waals surface area contributed by atoms with Gasteiger partial charge in [0.2, 0.25) is 5.16 Å². The number of para-hydroxylation sites is 1. The molecule has 0 bridgehead atoms. The minimum Gasteiger partial charge on any atom is -0.273 e. The molecule has 0 N–H and O–H groups in total. The average molecular weight is 406 g/mol. The third kappa shape index (κ3) is 3.07. The van der Waals surface area contributed by atoms with Crippen LogP contribution in [0.25, 0.3) is 11.3 Å². The van der Waals surface area contributed by atoms with Crippen LogP contribution in [0.1, 0.15) is 24.6 Å². The molecule has 0 radical (unpaired) electrons. The standard InChI is InChI=1S/C19H14N6O3S/c26-18-15(25(27)28)17(20-14-8-4-5-11-23(14)18)29-19-22-21-16(12-9-10-12)24(19)13-6-2-1-3-7-13/h1-8,11-12H,9-10H2. The molecular weight excluding hydrogens is 392 g/mol. The van der Waals surface area contributed by atoms with Crippen molar-refractivity contribution in [3.63, 3.8) is 0 Å². The number of nitrogens with zero attached hydrogens (tertiary/aromatic N) is 6. The summed E-state index contributed by atoms with van der Waals surface area (Å²) in [5.41, 5.74) is -0.105. The van der Waals surface area contributed by atoms with Crippen LogP contribution in [-0.2, 0) is 0 Å². The molecule has 4 aromatic rings. The highest BCUT2D eigenvalue weighted by atomic mass is 32.2. The number of pyridine rings is 1. The van der Waals surface area contributed by atoms with Gasteiger partial charge < -0.3 is 0 Å². The van der Waals surface area contributed by atoms with Crippen LogP contribution in [0.2, 0.25) is 0 Å². The van der Waals surface area contributed by atoms with Crippen molar-refractivity contribution >= 4 is 23.1 Å². The third-order valence-corrected chi connectivity index (χ3v) is 5.59. The second-order valence-corrected chi connectivity index (χ2v) is 7.60. The van der Waals surface area contributed by atoms with E-state index in [1.807, 2.05) is 34.9 Å². The first-order valence-electron chi connectivity index (χ1n) is 8.98. The first kappa shape index (κ1) is 17.6. The summed E-state index contributed by atoms with van der Waals surface area (Å²) in [7, 11) is 0. The molecule has 9 nitrogen and oxygen atoms in total. The van der Waals surface area contributed by atoms with Gasteiger partial charge in [-0.3, -0.25) is 23.9 Å². The molecule has 1 aromatic carbocycles. The van der Waals surface area contributed by atoms with E-state index in [4.69, 9.17) is 0 Å². The Bertz CT molecular complexity index is 1300. The Hall–Kier alpha value is -3.53. The molecule has 1 saturated carbocycles. The lowest BCUT2D eigenvalue weighted by molar-refractivity contribution is -0.389. The summed E-state index contributed by atoms with van der Waals surface area (Å²) < 4.78 is 3.06. The van der Waals surface area contributed by atoms with Gasteiger partial charge in [0, 0.05) is 17.8 Å². The van der Waals surface area contributed by atoms with Crippen molar-refractivity contribution in [3.8, 4) is 5.69 Å². The molecule has 0 aliphatic heterocycles. The van der Waals surface area contributed by atoms with Crippen molar-refractivity contribution in [2.24, 2.45) is 0 Å². The molecule has 1 aliphatic rings. The highest BCUT2D eigenvalue weighted by molar-refractivity contribution is 7.99. The van der Waals surface area contributed by atoms with E-state index in [0.29, 0.717) is 16.7 Å². The zero-order valence-electron chi connectivity index (χ0n) is 15.0. The van der Waals surface area contributed by atoms with Crippen LogP contribution in [0.5, 0.6) is 0 Å². The predicted octanol–water partition coefficient (Wildman–Crippen LogP) is 3.21. The van der Waals surface area contributed by atoms with E-state index in [1.54, 1.807) is 18.2 Å². The van der Waals surface area contributed by atoms with E-state index in [2.05, 4.69) is 15.2 Å². The Kier molecular flexibility index (Phi) is 4.13. The first-order valence-corrected chi connectivity index (χ1v) is 9.79. The van der Waals surface area contributed by atoms with E-state index < -0.39 is 16.2 Å². The first-order chi connectivity index (χ1) is 14.1. The molecule has 5 rings (SSSR count). The number of nitro groups is 1. The zero-order chi connectivity index (χ0) is 20.0. The number of rotatable bonds is 5. The Morgan fingerprint density at radius 2 is 1.83 bits per heavy atom. The molecule has 10 heteroatoms.